The quantitative estimate of drug-likeness (QED) is 0.594. The summed E-state index contributed by atoms with van der Waals surface area (Å²) in [5, 5.41) is 7.39. The second kappa shape index (κ2) is 7.18. The lowest BCUT2D eigenvalue weighted by Crippen LogP contribution is -2.37. The minimum Gasteiger partial charge on any atom is -0.356 e. The van der Waals surface area contributed by atoms with Gasteiger partial charge in [-0.2, -0.15) is 5.10 Å². The van der Waals surface area contributed by atoms with Crippen LogP contribution in [-0.2, 0) is 10.0 Å². The zero-order valence-electron chi connectivity index (χ0n) is 15.1. The van der Waals surface area contributed by atoms with Crippen molar-refractivity contribution in [1.29, 1.82) is 0 Å². The molecule has 3 aromatic heterocycles. The number of nitrogens with zero attached hydrogens (tertiary/aromatic N) is 4. The largest absolute Gasteiger partial charge is 0.356 e. The zero-order chi connectivity index (χ0) is 18.9. The molecule has 0 amide bonds. The van der Waals surface area contributed by atoms with Crippen molar-refractivity contribution in [1.82, 2.24) is 25.1 Å². The summed E-state index contributed by atoms with van der Waals surface area (Å²) in [5.74, 6) is 1.62. The van der Waals surface area contributed by atoms with Gasteiger partial charge in [-0.05, 0) is 37.7 Å². The fourth-order valence-corrected chi connectivity index (χ4v) is 5.33. The molecule has 0 unspecified atom stereocenters. The van der Waals surface area contributed by atoms with Crippen LogP contribution in [0.5, 0.6) is 0 Å². The Morgan fingerprint density at radius 2 is 2.04 bits per heavy atom. The molecular weight excluding hydrogens is 366 g/mol. The van der Waals surface area contributed by atoms with Gasteiger partial charge in [0.2, 0.25) is 10.0 Å². The smallest absolute Gasteiger partial charge is 0.234 e. The van der Waals surface area contributed by atoms with Crippen LogP contribution in [-0.4, -0.2) is 52.4 Å². The lowest BCUT2D eigenvalue weighted by molar-refractivity contribution is 0.341. The minimum absolute atomic E-state index is 0.137. The molecule has 0 atom stereocenters. The molecular formula is C17H23N7O2S. The van der Waals surface area contributed by atoms with Crippen LogP contribution >= 0.6 is 0 Å². The van der Waals surface area contributed by atoms with E-state index in [1.54, 1.807) is 12.4 Å². The number of rotatable bonds is 6. The first-order chi connectivity index (χ1) is 13.0. The van der Waals surface area contributed by atoms with Gasteiger partial charge >= 0.3 is 0 Å². The van der Waals surface area contributed by atoms with Crippen molar-refractivity contribution in [2.24, 2.45) is 5.92 Å². The molecule has 9 nitrogen and oxygen atoms in total. The Kier molecular flexibility index (Phi) is 4.73. The van der Waals surface area contributed by atoms with Crippen LogP contribution in [0.4, 0.5) is 11.6 Å². The molecule has 0 bridgehead atoms. The van der Waals surface area contributed by atoms with E-state index in [-0.39, 0.29) is 11.7 Å². The highest BCUT2D eigenvalue weighted by molar-refractivity contribution is 7.92. The number of hydrogen-bond acceptors (Lipinski definition) is 6. The van der Waals surface area contributed by atoms with Crippen LogP contribution in [0.25, 0.3) is 11.0 Å². The highest BCUT2D eigenvalue weighted by atomic mass is 32.2. The summed E-state index contributed by atoms with van der Waals surface area (Å²) >= 11 is 0. The van der Waals surface area contributed by atoms with Crippen molar-refractivity contribution in [3.8, 4) is 0 Å². The van der Waals surface area contributed by atoms with E-state index >= 15 is 0 Å². The summed E-state index contributed by atoms with van der Waals surface area (Å²) < 4.78 is 27.2. The average Bonchev–Trinajstić information content (AvgIpc) is 3.32. The molecule has 0 aliphatic heterocycles. The Bertz CT molecular complexity index is 991. The number of sulfonamides is 1. The van der Waals surface area contributed by atoms with Gasteiger partial charge in [0.15, 0.2) is 0 Å². The number of H-pyrrole nitrogens is 2. The highest BCUT2D eigenvalue weighted by Crippen LogP contribution is 2.32. The van der Waals surface area contributed by atoms with Crippen molar-refractivity contribution in [3.05, 3.63) is 30.9 Å². The monoisotopic (exact) mass is 389 g/mol. The van der Waals surface area contributed by atoms with E-state index in [1.807, 2.05) is 12.3 Å². The Labute approximate surface area is 157 Å². The van der Waals surface area contributed by atoms with Crippen LogP contribution in [0.15, 0.2) is 30.9 Å². The lowest BCUT2D eigenvalue weighted by Gasteiger charge is -2.35. The van der Waals surface area contributed by atoms with Crippen molar-refractivity contribution in [2.45, 2.75) is 31.7 Å². The number of nitrogens with one attached hydrogen (secondary N) is 3. The summed E-state index contributed by atoms with van der Waals surface area (Å²) in [7, 11) is -1.32. The third-order valence-corrected chi connectivity index (χ3v) is 6.69. The number of aromatic nitrogens is 5. The fourth-order valence-electron chi connectivity index (χ4n) is 3.84. The first-order valence-corrected chi connectivity index (χ1v) is 10.7. The van der Waals surface area contributed by atoms with Crippen LogP contribution in [0, 0.1) is 5.92 Å². The van der Waals surface area contributed by atoms with Gasteiger partial charge in [-0.1, -0.05) is 0 Å². The molecule has 10 heteroatoms. The SMILES string of the molecule is CN(c1ncnc2[nH]ccc12)C1CCC(CS(=O)(=O)Nc2ccn[nH]2)CC1. The lowest BCUT2D eigenvalue weighted by atomic mass is 9.86. The summed E-state index contributed by atoms with van der Waals surface area (Å²) in [4.78, 5) is 14.0. The standard InChI is InChI=1S/C17H23N7O2S/c1-24(17-14-6-8-18-16(14)19-11-20-17)13-4-2-12(3-5-13)10-27(25,26)23-15-7-9-21-22-15/h6-9,11-13H,2-5,10H2,1H3,(H,18,19,20)(H2,21,22,23). The molecule has 0 saturated heterocycles. The summed E-state index contributed by atoms with van der Waals surface area (Å²) in [6.07, 6.45) is 8.59. The van der Waals surface area contributed by atoms with Crippen LogP contribution in [0.1, 0.15) is 25.7 Å². The Morgan fingerprint density at radius 1 is 1.22 bits per heavy atom. The second-order valence-electron chi connectivity index (χ2n) is 7.08. The molecule has 3 heterocycles. The molecule has 3 aromatic rings. The average molecular weight is 389 g/mol. The Morgan fingerprint density at radius 3 is 2.78 bits per heavy atom. The van der Waals surface area contributed by atoms with Crippen molar-refractivity contribution in [2.75, 3.05) is 22.4 Å². The predicted octanol–water partition coefficient (Wildman–Crippen LogP) is 2.12. The summed E-state index contributed by atoms with van der Waals surface area (Å²) in [6.45, 7) is 0. The van der Waals surface area contributed by atoms with E-state index in [2.05, 4.69) is 41.8 Å². The van der Waals surface area contributed by atoms with E-state index in [0.717, 1.165) is 42.5 Å². The van der Waals surface area contributed by atoms with Gasteiger partial charge in [0.05, 0.1) is 17.3 Å². The second-order valence-corrected chi connectivity index (χ2v) is 8.84. The molecule has 1 saturated carbocycles. The predicted molar refractivity (Wildman–Crippen MR) is 104 cm³/mol. The zero-order valence-corrected chi connectivity index (χ0v) is 15.9. The normalized spacial score (nSPS) is 20.6. The topological polar surface area (TPSA) is 120 Å². The number of fused-ring (bicyclic) bond motifs is 1. The molecule has 0 spiro atoms. The molecule has 144 valence electrons. The minimum atomic E-state index is -3.37. The van der Waals surface area contributed by atoms with Crippen LogP contribution in [0.3, 0.4) is 0 Å². The molecule has 0 radical (unpaired) electrons. The number of aromatic amines is 2. The third-order valence-electron chi connectivity index (χ3n) is 5.25. The maximum Gasteiger partial charge on any atom is 0.234 e. The number of anilines is 2. The maximum absolute atomic E-state index is 12.3. The first-order valence-electron chi connectivity index (χ1n) is 9.02. The Hall–Kier alpha value is -2.62. The van der Waals surface area contributed by atoms with Gasteiger partial charge < -0.3 is 9.88 Å². The first kappa shape index (κ1) is 17.8. The highest BCUT2D eigenvalue weighted by Gasteiger charge is 2.28. The van der Waals surface area contributed by atoms with E-state index in [9.17, 15) is 8.42 Å². The van der Waals surface area contributed by atoms with Crippen LogP contribution < -0.4 is 9.62 Å². The molecule has 1 aliphatic carbocycles. The molecule has 4 rings (SSSR count). The summed E-state index contributed by atoms with van der Waals surface area (Å²) in [6, 6.07) is 3.94. The van der Waals surface area contributed by atoms with Crippen molar-refractivity contribution in [3.63, 3.8) is 0 Å². The number of hydrogen-bond donors (Lipinski definition) is 3. The van der Waals surface area contributed by atoms with Gasteiger partial charge in [-0.3, -0.25) is 9.82 Å². The maximum atomic E-state index is 12.3. The van der Waals surface area contributed by atoms with Gasteiger partial charge in [0.1, 0.15) is 23.6 Å². The summed E-state index contributed by atoms with van der Waals surface area (Å²) in [5.41, 5.74) is 0.830. The Balaban J connectivity index is 1.36. The van der Waals surface area contributed by atoms with Gasteiger partial charge in [-0.25, -0.2) is 18.4 Å². The molecule has 1 aliphatic rings. The fraction of sp³-hybridized carbons (Fsp3) is 0.471. The molecule has 1 fully saturated rings. The van der Waals surface area contributed by atoms with E-state index in [0.29, 0.717) is 11.9 Å². The molecule has 3 N–H and O–H groups in total. The molecule has 27 heavy (non-hydrogen) atoms. The van der Waals surface area contributed by atoms with E-state index < -0.39 is 10.0 Å². The van der Waals surface area contributed by atoms with E-state index in [4.69, 9.17) is 0 Å². The van der Waals surface area contributed by atoms with E-state index in [1.165, 1.54) is 6.20 Å². The molecule has 0 aromatic carbocycles. The third kappa shape index (κ3) is 3.90. The van der Waals surface area contributed by atoms with Gasteiger partial charge in [0, 0.05) is 25.4 Å². The van der Waals surface area contributed by atoms with Crippen molar-refractivity contribution < 1.29 is 8.42 Å². The van der Waals surface area contributed by atoms with Gasteiger partial charge in [-0.15, -0.1) is 0 Å². The van der Waals surface area contributed by atoms with Crippen molar-refractivity contribution >= 4 is 32.7 Å². The van der Waals surface area contributed by atoms with Crippen LogP contribution in [0.2, 0.25) is 0 Å². The van der Waals surface area contributed by atoms with Gasteiger partial charge in [0.25, 0.3) is 0 Å².